The molecule has 32 heavy (non-hydrogen) atoms. The molecular weight excluding hydrogens is 420 g/mol. The van der Waals surface area contributed by atoms with Crippen molar-refractivity contribution in [2.75, 3.05) is 13.1 Å². The van der Waals surface area contributed by atoms with E-state index in [-0.39, 0.29) is 17.0 Å². The molecule has 1 saturated heterocycles. The molecule has 0 bridgehead atoms. The van der Waals surface area contributed by atoms with Gasteiger partial charge in [-0.05, 0) is 80.0 Å². The zero-order valence-electron chi connectivity index (χ0n) is 18.8. The summed E-state index contributed by atoms with van der Waals surface area (Å²) in [5.74, 6) is 5.32. The molecule has 2 heterocycles. The maximum atomic E-state index is 13.3. The standard InChI is InChI=1S/C26H28N2O3S/c1-4-6-20-13-18(2)24(19(3)14-20)25-22(29)15-26(16-23(25)30)8-11-28(12-9-26)32(31)21-7-5-10-27-17-21/h5,7,10,13-14,17,25H,8-9,11-12,15-16H2,1-3H3. The van der Waals surface area contributed by atoms with Crippen molar-refractivity contribution in [2.24, 2.45) is 5.41 Å². The molecule has 1 aliphatic heterocycles. The number of ketones is 2. The Balaban J connectivity index is 1.49. The third-order valence-corrected chi connectivity index (χ3v) is 8.23. The summed E-state index contributed by atoms with van der Waals surface area (Å²) in [7, 11) is -1.27. The highest BCUT2D eigenvalue weighted by Crippen LogP contribution is 2.47. The Hall–Kier alpha value is -2.62. The van der Waals surface area contributed by atoms with Crippen LogP contribution in [0.15, 0.2) is 41.6 Å². The maximum Gasteiger partial charge on any atom is 0.148 e. The highest BCUT2D eigenvalue weighted by atomic mass is 32.2. The molecule has 1 atom stereocenters. The Kier molecular flexibility index (Phi) is 6.41. The molecule has 0 radical (unpaired) electrons. The van der Waals surface area contributed by atoms with Gasteiger partial charge in [0.25, 0.3) is 0 Å². The van der Waals surface area contributed by atoms with Gasteiger partial charge in [0, 0.05) is 43.9 Å². The first-order valence-electron chi connectivity index (χ1n) is 11.0. The number of hydrogen-bond acceptors (Lipinski definition) is 4. The van der Waals surface area contributed by atoms with Crippen molar-refractivity contribution >= 4 is 22.6 Å². The minimum absolute atomic E-state index is 0.0172. The van der Waals surface area contributed by atoms with Crippen molar-refractivity contribution in [3.05, 3.63) is 58.9 Å². The number of rotatable bonds is 3. The van der Waals surface area contributed by atoms with Gasteiger partial charge < -0.3 is 0 Å². The van der Waals surface area contributed by atoms with Gasteiger partial charge in [-0.25, -0.2) is 8.51 Å². The third kappa shape index (κ3) is 4.32. The highest BCUT2D eigenvalue weighted by molar-refractivity contribution is 7.82. The third-order valence-electron chi connectivity index (χ3n) is 6.75. The second-order valence-electron chi connectivity index (χ2n) is 8.98. The number of carbonyl (C=O) groups excluding carboxylic acids is 2. The van der Waals surface area contributed by atoms with Crippen LogP contribution in [0.5, 0.6) is 0 Å². The van der Waals surface area contributed by atoms with Crippen LogP contribution < -0.4 is 0 Å². The SMILES string of the molecule is CC#Cc1cc(C)c(C2C(=O)CC3(CCN(S(=O)c4cccnc4)CC3)CC2=O)c(C)c1. The molecule has 2 fully saturated rings. The van der Waals surface area contributed by atoms with Gasteiger partial charge in [-0.1, -0.05) is 5.92 Å². The van der Waals surface area contributed by atoms with Crippen LogP contribution >= 0.6 is 0 Å². The van der Waals surface area contributed by atoms with Crippen LogP contribution in [0, 0.1) is 31.1 Å². The van der Waals surface area contributed by atoms with Gasteiger partial charge in [0.1, 0.15) is 28.5 Å². The number of pyridine rings is 1. The summed E-state index contributed by atoms with van der Waals surface area (Å²) in [6, 6.07) is 7.53. The van der Waals surface area contributed by atoms with E-state index in [1.807, 2.05) is 36.4 Å². The van der Waals surface area contributed by atoms with Crippen molar-refractivity contribution in [1.82, 2.24) is 9.29 Å². The number of aromatic nitrogens is 1. The van der Waals surface area contributed by atoms with Gasteiger partial charge in [-0.3, -0.25) is 14.6 Å². The lowest BCUT2D eigenvalue weighted by atomic mass is 9.63. The van der Waals surface area contributed by atoms with Gasteiger partial charge in [-0.2, -0.15) is 0 Å². The monoisotopic (exact) mass is 448 g/mol. The molecule has 1 saturated carbocycles. The van der Waals surface area contributed by atoms with Crippen LogP contribution in [-0.2, 0) is 20.6 Å². The average Bonchev–Trinajstić information content (AvgIpc) is 2.76. The van der Waals surface area contributed by atoms with Crippen LogP contribution in [0.2, 0.25) is 0 Å². The highest BCUT2D eigenvalue weighted by Gasteiger charge is 2.47. The quantitative estimate of drug-likeness (QED) is 0.528. The van der Waals surface area contributed by atoms with E-state index in [1.165, 1.54) is 0 Å². The molecule has 1 aromatic heterocycles. The number of hydrogen-bond donors (Lipinski definition) is 0. The number of nitrogens with zero attached hydrogens (tertiary/aromatic N) is 2. The van der Waals surface area contributed by atoms with E-state index in [9.17, 15) is 13.8 Å². The number of piperidine rings is 1. The first kappa shape index (κ1) is 22.6. The minimum Gasteiger partial charge on any atom is -0.299 e. The fourth-order valence-corrected chi connectivity index (χ4v) is 6.39. The lowest BCUT2D eigenvalue weighted by Gasteiger charge is -2.44. The van der Waals surface area contributed by atoms with Crippen LogP contribution in [-0.4, -0.2) is 38.2 Å². The van der Waals surface area contributed by atoms with E-state index < -0.39 is 16.9 Å². The Morgan fingerprint density at radius 1 is 1.09 bits per heavy atom. The minimum atomic E-state index is -1.27. The van der Waals surface area contributed by atoms with Crippen molar-refractivity contribution in [2.45, 2.75) is 57.3 Å². The number of carbonyl (C=O) groups is 2. The zero-order chi connectivity index (χ0) is 22.9. The summed E-state index contributed by atoms with van der Waals surface area (Å²) < 4.78 is 14.8. The van der Waals surface area contributed by atoms with E-state index in [0.29, 0.717) is 43.7 Å². The van der Waals surface area contributed by atoms with Crippen LogP contribution in [0.3, 0.4) is 0 Å². The summed E-state index contributed by atoms with van der Waals surface area (Å²) in [6.07, 6.45) is 5.51. The van der Waals surface area contributed by atoms with E-state index in [2.05, 4.69) is 16.8 Å². The molecule has 1 unspecified atom stereocenters. The molecular formula is C26H28N2O3S. The van der Waals surface area contributed by atoms with Crippen LogP contribution in [0.4, 0.5) is 0 Å². The molecule has 0 amide bonds. The molecule has 166 valence electrons. The molecule has 4 rings (SSSR count). The number of aryl methyl sites for hydroxylation is 2. The van der Waals surface area contributed by atoms with Crippen molar-refractivity contribution in [3.63, 3.8) is 0 Å². The van der Waals surface area contributed by atoms with Gasteiger partial charge in [-0.15, -0.1) is 5.92 Å². The topological polar surface area (TPSA) is 67.3 Å². The maximum absolute atomic E-state index is 13.3. The summed E-state index contributed by atoms with van der Waals surface area (Å²) >= 11 is 0. The van der Waals surface area contributed by atoms with Gasteiger partial charge in [0.05, 0.1) is 4.90 Å². The van der Waals surface area contributed by atoms with Crippen molar-refractivity contribution < 1.29 is 13.8 Å². The fourth-order valence-electron chi connectivity index (χ4n) is 5.23. The molecule has 1 aromatic carbocycles. The molecule has 1 aliphatic carbocycles. The predicted molar refractivity (Wildman–Crippen MR) is 124 cm³/mol. The Bertz CT molecular complexity index is 1100. The summed E-state index contributed by atoms with van der Waals surface area (Å²) in [4.78, 5) is 31.3. The second kappa shape index (κ2) is 9.09. The fraction of sp³-hybridized carbons (Fsp3) is 0.423. The predicted octanol–water partition coefficient (Wildman–Crippen LogP) is 3.89. The van der Waals surface area contributed by atoms with E-state index >= 15 is 0 Å². The molecule has 6 heteroatoms. The Morgan fingerprint density at radius 2 is 1.72 bits per heavy atom. The normalized spacial score (nSPS) is 20.1. The first-order valence-corrected chi connectivity index (χ1v) is 12.1. The van der Waals surface area contributed by atoms with Gasteiger partial charge >= 0.3 is 0 Å². The van der Waals surface area contributed by atoms with Gasteiger partial charge in [0.15, 0.2) is 0 Å². The second-order valence-corrected chi connectivity index (χ2v) is 10.5. The molecule has 5 nitrogen and oxygen atoms in total. The molecule has 1 spiro atoms. The van der Waals surface area contributed by atoms with E-state index in [0.717, 1.165) is 22.3 Å². The molecule has 2 aromatic rings. The smallest absolute Gasteiger partial charge is 0.148 e. The van der Waals surface area contributed by atoms with Crippen LogP contribution in [0.25, 0.3) is 0 Å². The van der Waals surface area contributed by atoms with Crippen LogP contribution in [0.1, 0.15) is 60.8 Å². The lowest BCUT2D eigenvalue weighted by molar-refractivity contribution is -0.138. The first-order chi connectivity index (χ1) is 15.3. The zero-order valence-corrected chi connectivity index (χ0v) is 19.6. The summed E-state index contributed by atoms with van der Waals surface area (Å²) in [5, 5.41) is 0. The van der Waals surface area contributed by atoms with Crippen molar-refractivity contribution in [1.29, 1.82) is 0 Å². The number of Topliss-reactive ketones (excluding diaryl/α,β-unsaturated/α-hetero) is 2. The Labute approximate surface area is 192 Å². The molecule has 0 N–H and O–H groups in total. The van der Waals surface area contributed by atoms with E-state index in [4.69, 9.17) is 0 Å². The Morgan fingerprint density at radius 3 is 2.25 bits per heavy atom. The molecule has 2 aliphatic rings. The summed E-state index contributed by atoms with van der Waals surface area (Å²) in [6.45, 7) is 6.93. The van der Waals surface area contributed by atoms with Gasteiger partial charge in [0.2, 0.25) is 0 Å². The lowest BCUT2D eigenvalue weighted by Crippen LogP contribution is -2.47. The average molecular weight is 449 g/mol. The summed E-state index contributed by atoms with van der Waals surface area (Å²) in [5.41, 5.74) is 3.36. The largest absolute Gasteiger partial charge is 0.299 e. The van der Waals surface area contributed by atoms with Crippen molar-refractivity contribution in [3.8, 4) is 11.8 Å². The number of benzene rings is 1. The van der Waals surface area contributed by atoms with E-state index in [1.54, 1.807) is 25.4 Å².